The number of hydrogen-bond acceptors (Lipinski definition) is 7. The average Bonchev–Trinajstić information content (AvgIpc) is 2.45. The Balaban J connectivity index is 3.04. The lowest BCUT2D eigenvalue weighted by molar-refractivity contribution is -0.384. The highest BCUT2D eigenvalue weighted by atomic mass is 16.6. The van der Waals surface area contributed by atoms with E-state index < -0.39 is 22.6 Å². The Kier molecular flexibility index (Phi) is 5.21. The second-order valence-corrected chi connectivity index (χ2v) is 3.38. The van der Waals surface area contributed by atoms with Crippen LogP contribution in [0.15, 0.2) is 36.1 Å². The highest BCUT2D eigenvalue weighted by Crippen LogP contribution is 2.21. The number of methoxy groups -OCH3 is 2. The van der Waals surface area contributed by atoms with Crippen molar-refractivity contribution in [1.29, 1.82) is 0 Å². The van der Waals surface area contributed by atoms with Gasteiger partial charge in [-0.2, -0.15) is 0 Å². The van der Waals surface area contributed by atoms with Gasteiger partial charge in [-0.3, -0.25) is 10.1 Å². The van der Waals surface area contributed by atoms with E-state index >= 15 is 0 Å². The summed E-state index contributed by atoms with van der Waals surface area (Å²) in [4.78, 5) is 32.5. The molecule has 1 aromatic rings. The fourth-order valence-electron chi connectivity index (χ4n) is 1.18. The molecule has 8 nitrogen and oxygen atoms in total. The molecule has 8 heteroatoms. The summed E-state index contributed by atoms with van der Waals surface area (Å²) < 4.78 is 13.9. The maximum absolute atomic E-state index is 11.4. The topological polar surface area (TPSA) is 105 Å². The van der Waals surface area contributed by atoms with Crippen LogP contribution in [0.1, 0.15) is 0 Å². The van der Waals surface area contributed by atoms with Gasteiger partial charge in [0.1, 0.15) is 5.75 Å². The Labute approximate surface area is 113 Å². The highest BCUT2D eigenvalue weighted by Gasteiger charge is 2.16. The predicted molar refractivity (Wildman–Crippen MR) is 65.8 cm³/mol. The van der Waals surface area contributed by atoms with Crippen LogP contribution in [0.5, 0.6) is 5.75 Å². The maximum Gasteiger partial charge on any atom is 0.374 e. The van der Waals surface area contributed by atoms with E-state index in [-0.39, 0.29) is 11.4 Å². The molecular weight excluding hydrogens is 270 g/mol. The number of hydrogen-bond donors (Lipinski definition) is 0. The Hall–Kier alpha value is -2.90. The molecule has 0 atom stereocenters. The normalized spacial score (nSPS) is 10.6. The molecule has 0 saturated carbocycles. The van der Waals surface area contributed by atoms with Gasteiger partial charge >= 0.3 is 11.9 Å². The summed E-state index contributed by atoms with van der Waals surface area (Å²) in [6.07, 6.45) is 0.782. The summed E-state index contributed by atoms with van der Waals surface area (Å²) in [6, 6.07) is 5.13. The molecule has 0 radical (unpaired) electrons. The zero-order valence-corrected chi connectivity index (χ0v) is 10.7. The number of carbonyl (C=O) groups excluding carboxylic acids is 2. The Morgan fingerprint density at radius 1 is 1.25 bits per heavy atom. The first-order valence-electron chi connectivity index (χ1n) is 5.28. The van der Waals surface area contributed by atoms with Crippen molar-refractivity contribution in [3.8, 4) is 5.75 Å². The molecule has 20 heavy (non-hydrogen) atoms. The van der Waals surface area contributed by atoms with Gasteiger partial charge in [0.15, 0.2) is 0 Å². The van der Waals surface area contributed by atoms with Crippen LogP contribution in [0.25, 0.3) is 0 Å². The molecule has 0 saturated heterocycles. The van der Waals surface area contributed by atoms with Crippen LogP contribution < -0.4 is 4.74 Å². The summed E-state index contributed by atoms with van der Waals surface area (Å²) in [7, 11) is 2.23. The standard InChI is InChI=1S/C12H11NO7/c1-18-11(14)7-10(12(15)19-2)20-9-5-3-4-8(6-9)13(16)17/h3-7H,1-2H3/b10-7+. The zero-order valence-electron chi connectivity index (χ0n) is 10.7. The van der Waals surface area contributed by atoms with Gasteiger partial charge in [0.2, 0.25) is 5.76 Å². The molecular formula is C12H11NO7. The number of nitrogens with zero attached hydrogens (tertiary/aromatic N) is 1. The SMILES string of the molecule is COC(=O)/C=C(/Oc1cccc([N+](=O)[O-])c1)C(=O)OC. The van der Waals surface area contributed by atoms with E-state index in [1.54, 1.807) is 0 Å². The molecule has 0 fully saturated rings. The minimum Gasteiger partial charge on any atom is -0.466 e. The van der Waals surface area contributed by atoms with Gasteiger partial charge in [0.25, 0.3) is 5.69 Å². The Morgan fingerprint density at radius 2 is 1.95 bits per heavy atom. The van der Waals surface area contributed by atoms with E-state index in [4.69, 9.17) is 4.74 Å². The predicted octanol–water partition coefficient (Wildman–Crippen LogP) is 1.20. The van der Waals surface area contributed by atoms with Crippen molar-refractivity contribution in [3.05, 3.63) is 46.2 Å². The number of non-ortho nitro benzene ring substituents is 1. The average molecular weight is 281 g/mol. The van der Waals surface area contributed by atoms with Gasteiger partial charge in [0.05, 0.1) is 31.3 Å². The molecule has 1 aromatic carbocycles. The van der Waals surface area contributed by atoms with Gasteiger partial charge in [-0.15, -0.1) is 0 Å². The molecule has 0 spiro atoms. The van der Waals surface area contributed by atoms with Crippen molar-refractivity contribution < 1.29 is 28.7 Å². The van der Waals surface area contributed by atoms with Crippen LogP contribution in [0.3, 0.4) is 0 Å². The molecule has 0 amide bonds. The largest absolute Gasteiger partial charge is 0.466 e. The van der Waals surface area contributed by atoms with Crippen molar-refractivity contribution >= 4 is 17.6 Å². The van der Waals surface area contributed by atoms with Gasteiger partial charge in [-0.05, 0) is 6.07 Å². The van der Waals surface area contributed by atoms with Crippen molar-refractivity contribution in [1.82, 2.24) is 0 Å². The second kappa shape index (κ2) is 6.88. The van der Waals surface area contributed by atoms with Crippen LogP contribution >= 0.6 is 0 Å². The van der Waals surface area contributed by atoms with E-state index in [9.17, 15) is 19.7 Å². The summed E-state index contributed by atoms with van der Waals surface area (Å²) in [5.41, 5.74) is -0.218. The van der Waals surface area contributed by atoms with Crippen LogP contribution in [-0.4, -0.2) is 31.1 Å². The second-order valence-electron chi connectivity index (χ2n) is 3.38. The zero-order chi connectivity index (χ0) is 15.1. The van der Waals surface area contributed by atoms with Crippen LogP contribution in [-0.2, 0) is 19.1 Å². The fraction of sp³-hybridized carbons (Fsp3) is 0.167. The molecule has 0 aliphatic heterocycles. The number of nitro benzene ring substituents is 1. The highest BCUT2D eigenvalue weighted by molar-refractivity contribution is 5.95. The summed E-state index contributed by atoms with van der Waals surface area (Å²) >= 11 is 0. The lowest BCUT2D eigenvalue weighted by Gasteiger charge is -2.07. The maximum atomic E-state index is 11.4. The van der Waals surface area contributed by atoms with Gasteiger partial charge in [-0.25, -0.2) is 9.59 Å². The first kappa shape index (κ1) is 15.2. The van der Waals surface area contributed by atoms with Crippen molar-refractivity contribution in [2.24, 2.45) is 0 Å². The van der Waals surface area contributed by atoms with E-state index in [1.807, 2.05) is 0 Å². The molecule has 0 aliphatic carbocycles. The third-order valence-electron chi connectivity index (χ3n) is 2.09. The third kappa shape index (κ3) is 4.09. The number of ether oxygens (including phenoxy) is 3. The molecule has 0 unspecified atom stereocenters. The molecule has 0 heterocycles. The smallest absolute Gasteiger partial charge is 0.374 e. The minimum absolute atomic E-state index is 0.0137. The van der Waals surface area contributed by atoms with Crippen molar-refractivity contribution in [3.63, 3.8) is 0 Å². The third-order valence-corrected chi connectivity index (χ3v) is 2.09. The van der Waals surface area contributed by atoms with E-state index in [2.05, 4.69) is 9.47 Å². The number of esters is 2. The van der Waals surface area contributed by atoms with Crippen molar-refractivity contribution in [2.45, 2.75) is 0 Å². The Bertz CT molecular complexity index is 565. The molecule has 0 N–H and O–H groups in total. The summed E-state index contributed by atoms with van der Waals surface area (Å²) in [5.74, 6) is -2.17. The van der Waals surface area contributed by atoms with Crippen LogP contribution in [0.2, 0.25) is 0 Å². The van der Waals surface area contributed by atoms with Crippen molar-refractivity contribution in [2.75, 3.05) is 14.2 Å². The number of rotatable bonds is 5. The molecule has 0 aliphatic rings. The lowest BCUT2D eigenvalue weighted by atomic mass is 10.3. The van der Waals surface area contributed by atoms with Crippen LogP contribution in [0, 0.1) is 10.1 Å². The first-order chi connectivity index (χ1) is 9.47. The van der Waals surface area contributed by atoms with E-state index in [1.165, 1.54) is 18.2 Å². The molecule has 0 aromatic heterocycles. The minimum atomic E-state index is -0.915. The fourth-order valence-corrected chi connectivity index (χ4v) is 1.18. The van der Waals surface area contributed by atoms with Gasteiger partial charge < -0.3 is 14.2 Å². The monoisotopic (exact) mass is 281 g/mol. The Morgan fingerprint density at radius 3 is 2.50 bits per heavy atom. The number of nitro groups is 1. The molecule has 1 rings (SSSR count). The van der Waals surface area contributed by atoms with E-state index in [0.29, 0.717) is 0 Å². The number of carbonyl (C=O) groups is 2. The van der Waals surface area contributed by atoms with Gasteiger partial charge in [0, 0.05) is 6.07 Å². The molecule has 0 bridgehead atoms. The summed E-state index contributed by atoms with van der Waals surface area (Å²) in [6.45, 7) is 0. The van der Waals surface area contributed by atoms with Gasteiger partial charge in [-0.1, -0.05) is 6.07 Å². The lowest BCUT2D eigenvalue weighted by Crippen LogP contribution is -2.13. The van der Waals surface area contributed by atoms with Crippen LogP contribution in [0.4, 0.5) is 5.69 Å². The molecule has 106 valence electrons. The quantitative estimate of drug-likeness (QED) is 0.262. The number of benzene rings is 1. The van der Waals surface area contributed by atoms with E-state index in [0.717, 1.165) is 26.4 Å². The summed E-state index contributed by atoms with van der Waals surface area (Å²) in [5, 5.41) is 10.6. The first-order valence-corrected chi connectivity index (χ1v) is 5.28.